The summed E-state index contributed by atoms with van der Waals surface area (Å²) >= 11 is 0. The van der Waals surface area contributed by atoms with Crippen molar-refractivity contribution in [3.63, 3.8) is 0 Å². The third-order valence-electron chi connectivity index (χ3n) is 3.74. The van der Waals surface area contributed by atoms with Crippen LogP contribution >= 0.6 is 0 Å². The monoisotopic (exact) mass is 274 g/mol. The summed E-state index contributed by atoms with van der Waals surface area (Å²) in [5, 5.41) is 0. The van der Waals surface area contributed by atoms with Gasteiger partial charge >= 0.3 is 0 Å². The summed E-state index contributed by atoms with van der Waals surface area (Å²) in [7, 11) is 0. The number of benzene rings is 1. The Bertz CT molecular complexity index is 426. The zero-order valence-corrected chi connectivity index (χ0v) is 12.6. The zero-order chi connectivity index (χ0) is 14.5. The number of rotatable bonds is 7. The van der Waals surface area contributed by atoms with Gasteiger partial charge in [0.2, 0.25) is 5.91 Å². The second-order valence-corrected chi connectivity index (χ2v) is 6.25. The van der Waals surface area contributed by atoms with Crippen LogP contribution in [-0.4, -0.2) is 29.4 Å². The van der Waals surface area contributed by atoms with Gasteiger partial charge in [-0.25, -0.2) is 0 Å². The van der Waals surface area contributed by atoms with Gasteiger partial charge in [-0.1, -0.05) is 44.2 Å². The van der Waals surface area contributed by atoms with Gasteiger partial charge in [-0.05, 0) is 37.2 Å². The van der Waals surface area contributed by atoms with Crippen LogP contribution in [-0.2, 0) is 11.2 Å². The predicted molar refractivity (Wildman–Crippen MR) is 82.3 cm³/mol. The first kappa shape index (κ1) is 15.0. The van der Waals surface area contributed by atoms with Crippen molar-refractivity contribution in [3.8, 4) is 0 Å². The fourth-order valence-corrected chi connectivity index (χ4v) is 2.50. The number of nitrogens with two attached hydrogens (primary N) is 1. The van der Waals surface area contributed by atoms with Crippen molar-refractivity contribution in [1.82, 2.24) is 4.90 Å². The third-order valence-corrected chi connectivity index (χ3v) is 3.74. The van der Waals surface area contributed by atoms with Gasteiger partial charge in [-0.3, -0.25) is 4.79 Å². The Hall–Kier alpha value is -1.35. The summed E-state index contributed by atoms with van der Waals surface area (Å²) in [5.41, 5.74) is 7.36. The number of hydrogen-bond acceptors (Lipinski definition) is 2. The molecule has 0 aromatic heterocycles. The lowest BCUT2D eigenvalue weighted by molar-refractivity contribution is -0.133. The van der Waals surface area contributed by atoms with E-state index in [4.69, 9.17) is 5.73 Å². The standard InChI is InChI=1S/C17H26N2O/c1-13(2)12-19(15-9-10-15)17(20)16(18)11-8-14-6-4-3-5-7-14/h3-7,13,15-16H,8-12,18H2,1-2H3/t16-/m0/s1. The lowest BCUT2D eigenvalue weighted by Crippen LogP contribution is -2.46. The summed E-state index contributed by atoms with van der Waals surface area (Å²) in [6.07, 6.45) is 3.88. The molecule has 1 aliphatic rings. The predicted octanol–water partition coefficient (Wildman–Crippen LogP) is 2.59. The van der Waals surface area contributed by atoms with Gasteiger partial charge < -0.3 is 10.6 Å². The van der Waals surface area contributed by atoms with E-state index in [1.807, 2.05) is 23.1 Å². The maximum Gasteiger partial charge on any atom is 0.239 e. The van der Waals surface area contributed by atoms with Gasteiger partial charge in [-0.2, -0.15) is 0 Å². The smallest absolute Gasteiger partial charge is 0.239 e. The van der Waals surface area contributed by atoms with Crippen molar-refractivity contribution in [3.05, 3.63) is 35.9 Å². The molecule has 20 heavy (non-hydrogen) atoms. The minimum absolute atomic E-state index is 0.136. The van der Waals surface area contributed by atoms with Crippen molar-refractivity contribution in [2.75, 3.05) is 6.54 Å². The second kappa shape index (κ2) is 6.89. The Morgan fingerprint density at radius 1 is 1.30 bits per heavy atom. The van der Waals surface area contributed by atoms with E-state index in [0.717, 1.165) is 32.2 Å². The number of amides is 1. The Morgan fingerprint density at radius 2 is 1.95 bits per heavy atom. The number of carbonyl (C=O) groups excluding carboxylic acids is 1. The summed E-state index contributed by atoms with van der Waals surface area (Å²) in [5.74, 6) is 0.637. The third kappa shape index (κ3) is 4.34. The molecule has 1 fully saturated rings. The number of carbonyl (C=O) groups is 1. The number of hydrogen-bond donors (Lipinski definition) is 1. The summed E-state index contributed by atoms with van der Waals surface area (Å²) in [6, 6.07) is 10.3. The Labute approximate surface area is 122 Å². The maximum absolute atomic E-state index is 12.5. The molecule has 2 N–H and O–H groups in total. The fourth-order valence-electron chi connectivity index (χ4n) is 2.50. The number of nitrogens with zero attached hydrogens (tertiary/aromatic N) is 1. The van der Waals surface area contributed by atoms with E-state index in [1.54, 1.807) is 0 Å². The molecule has 110 valence electrons. The largest absolute Gasteiger partial charge is 0.338 e. The Kier molecular flexibility index (Phi) is 5.18. The van der Waals surface area contributed by atoms with Crippen LogP contribution < -0.4 is 5.73 Å². The van der Waals surface area contributed by atoms with Gasteiger partial charge in [-0.15, -0.1) is 0 Å². The minimum atomic E-state index is -0.366. The lowest BCUT2D eigenvalue weighted by Gasteiger charge is -2.27. The van der Waals surface area contributed by atoms with E-state index in [9.17, 15) is 4.79 Å². The molecule has 0 aliphatic heterocycles. The highest BCUT2D eigenvalue weighted by Gasteiger charge is 2.34. The lowest BCUT2D eigenvalue weighted by atomic mass is 10.0. The second-order valence-electron chi connectivity index (χ2n) is 6.25. The first-order valence-electron chi connectivity index (χ1n) is 7.68. The summed E-state index contributed by atoms with van der Waals surface area (Å²) in [6.45, 7) is 5.14. The van der Waals surface area contributed by atoms with Crippen LogP contribution in [0, 0.1) is 5.92 Å². The van der Waals surface area contributed by atoms with E-state index in [0.29, 0.717) is 12.0 Å². The fraction of sp³-hybridized carbons (Fsp3) is 0.588. The van der Waals surface area contributed by atoms with Crippen LogP contribution in [0.5, 0.6) is 0 Å². The Balaban J connectivity index is 1.86. The first-order valence-corrected chi connectivity index (χ1v) is 7.68. The van der Waals surface area contributed by atoms with Crippen molar-refractivity contribution in [1.29, 1.82) is 0 Å². The highest BCUT2D eigenvalue weighted by Crippen LogP contribution is 2.28. The van der Waals surface area contributed by atoms with Crippen LogP contribution in [0.1, 0.15) is 38.7 Å². The summed E-state index contributed by atoms with van der Waals surface area (Å²) in [4.78, 5) is 14.5. The van der Waals surface area contributed by atoms with Crippen molar-refractivity contribution in [2.45, 2.75) is 51.6 Å². The molecule has 3 nitrogen and oxygen atoms in total. The first-order chi connectivity index (χ1) is 9.58. The van der Waals surface area contributed by atoms with E-state index in [1.165, 1.54) is 5.56 Å². The molecule has 3 heteroatoms. The zero-order valence-electron chi connectivity index (χ0n) is 12.6. The highest BCUT2D eigenvalue weighted by molar-refractivity contribution is 5.82. The molecule has 0 heterocycles. The van der Waals surface area contributed by atoms with E-state index in [-0.39, 0.29) is 11.9 Å². The molecule has 1 amide bonds. The quantitative estimate of drug-likeness (QED) is 0.830. The molecule has 0 unspecified atom stereocenters. The van der Waals surface area contributed by atoms with Crippen molar-refractivity contribution < 1.29 is 4.79 Å². The van der Waals surface area contributed by atoms with Crippen molar-refractivity contribution in [2.24, 2.45) is 11.7 Å². The topological polar surface area (TPSA) is 46.3 Å². The molecule has 0 radical (unpaired) electrons. The highest BCUT2D eigenvalue weighted by atomic mass is 16.2. The van der Waals surface area contributed by atoms with E-state index >= 15 is 0 Å². The average molecular weight is 274 g/mol. The van der Waals surface area contributed by atoms with Gasteiger partial charge in [0.25, 0.3) is 0 Å². The maximum atomic E-state index is 12.5. The Morgan fingerprint density at radius 3 is 2.50 bits per heavy atom. The van der Waals surface area contributed by atoms with Gasteiger partial charge in [0, 0.05) is 12.6 Å². The van der Waals surface area contributed by atoms with Gasteiger partial charge in [0.05, 0.1) is 6.04 Å². The van der Waals surface area contributed by atoms with Crippen LogP contribution in [0.4, 0.5) is 0 Å². The van der Waals surface area contributed by atoms with Crippen LogP contribution in [0.15, 0.2) is 30.3 Å². The molecule has 0 bridgehead atoms. The molecular weight excluding hydrogens is 248 g/mol. The van der Waals surface area contributed by atoms with Crippen LogP contribution in [0.25, 0.3) is 0 Å². The summed E-state index contributed by atoms with van der Waals surface area (Å²) < 4.78 is 0. The average Bonchev–Trinajstić information content (AvgIpc) is 3.27. The number of aryl methyl sites for hydroxylation is 1. The SMILES string of the molecule is CC(C)CN(C(=O)[C@@H](N)CCc1ccccc1)C1CC1. The molecular formula is C17H26N2O. The van der Waals surface area contributed by atoms with Crippen molar-refractivity contribution >= 4 is 5.91 Å². The van der Waals surface area contributed by atoms with E-state index in [2.05, 4.69) is 26.0 Å². The minimum Gasteiger partial charge on any atom is -0.338 e. The van der Waals surface area contributed by atoms with Crippen LogP contribution in [0.2, 0.25) is 0 Å². The normalized spacial score (nSPS) is 16.2. The molecule has 1 aromatic carbocycles. The van der Waals surface area contributed by atoms with Crippen LogP contribution in [0.3, 0.4) is 0 Å². The van der Waals surface area contributed by atoms with Gasteiger partial charge in [0.15, 0.2) is 0 Å². The molecule has 0 saturated heterocycles. The molecule has 0 spiro atoms. The van der Waals surface area contributed by atoms with Gasteiger partial charge in [0.1, 0.15) is 0 Å². The van der Waals surface area contributed by atoms with E-state index < -0.39 is 0 Å². The molecule has 2 rings (SSSR count). The molecule has 1 atom stereocenters. The molecule has 1 aromatic rings. The molecule has 1 saturated carbocycles. The molecule has 1 aliphatic carbocycles.